The summed E-state index contributed by atoms with van der Waals surface area (Å²) in [4.78, 5) is 25.7. The Hall–Kier alpha value is -3.02. The second-order valence-corrected chi connectivity index (χ2v) is 6.03. The van der Waals surface area contributed by atoms with E-state index in [-0.39, 0.29) is 12.3 Å². The zero-order valence-electron chi connectivity index (χ0n) is 14.7. The van der Waals surface area contributed by atoms with E-state index in [1.165, 1.54) is 7.11 Å². The van der Waals surface area contributed by atoms with Crippen molar-refractivity contribution in [2.24, 2.45) is 0 Å². The van der Waals surface area contributed by atoms with Crippen molar-refractivity contribution in [2.75, 3.05) is 13.7 Å². The normalized spacial score (nSPS) is 14.1. The van der Waals surface area contributed by atoms with Crippen LogP contribution in [0.25, 0.3) is 0 Å². The van der Waals surface area contributed by atoms with Gasteiger partial charge in [-0.1, -0.05) is 24.3 Å². The number of ether oxygens (including phenoxy) is 2. The van der Waals surface area contributed by atoms with Crippen LogP contribution in [0.15, 0.2) is 42.5 Å². The molecule has 2 aromatic rings. The molecule has 26 heavy (non-hydrogen) atoms. The van der Waals surface area contributed by atoms with E-state index in [1.54, 1.807) is 35.2 Å². The number of rotatable bonds is 7. The zero-order chi connectivity index (χ0) is 18.7. The minimum absolute atomic E-state index is 0.181. The summed E-state index contributed by atoms with van der Waals surface area (Å²) in [6.07, 6.45) is -0.295. The molecule has 1 atom stereocenters. The lowest BCUT2D eigenvalue weighted by atomic mass is 10.0. The summed E-state index contributed by atoms with van der Waals surface area (Å²) < 4.78 is 10.9. The van der Waals surface area contributed by atoms with Gasteiger partial charge < -0.3 is 24.3 Å². The predicted octanol–water partition coefficient (Wildman–Crippen LogP) is 1.93. The van der Waals surface area contributed by atoms with E-state index in [9.17, 15) is 14.7 Å². The van der Waals surface area contributed by atoms with Gasteiger partial charge in [0.25, 0.3) is 5.91 Å². The van der Waals surface area contributed by atoms with Crippen LogP contribution >= 0.6 is 0 Å². The number of methoxy groups -OCH3 is 1. The van der Waals surface area contributed by atoms with E-state index >= 15 is 0 Å². The summed E-state index contributed by atoms with van der Waals surface area (Å²) in [5.74, 6) is -0.329. The topological polar surface area (TPSA) is 78.9 Å². The molecule has 3 rings (SSSR count). The Morgan fingerprint density at radius 3 is 2.65 bits per heavy atom. The van der Waals surface area contributed by atoms with E-state index in [0.717, 1.165) is 5.56 Å². The van der Waals surface area contributed by atoms with Gasteiger partial charge in [0.1, 0.15) is 0 Å². The van der Waals surface area contributed by atoms with Crippen molar-refractivity contribution in [1.82, 2.24) is 4.90 Å². The highest BCUT2D eigenvalue weighted by molar-refractivity contribution is 5.98. The van der Waals surface area contributed by atoms with Crippen LogP contribution in [0, 0.1) is 0 Å². The van der Waals surface area contributed by atoms with Crippen LogP contribution < -0.4 is 14.6 Å². The molecule has 0 N–H and O–H groups in total. The molecule has 136 valence electrons. The number of carbonyl (C=O) groups is 2. The SMILES string of the molecule is CCOc1ccc([C@@H](CC(=O)[O-])N2Cc3ccccc3C2=O)cc1OC. The van der Waals surface area contributed by atoms with Crippen LogP contribution in [0.1, 0.15) is 40.9 Å². The van der Waals surface area contributed by atoms with Crippen LogP contribution in [0.4, 0.5) is 0 Å². The molecule has 6 nitrogen and oxygen atoms in total. The third kappa shape index (κ3) is 3.35. The van der Waals surface area contributed by atoms with Gasteiger partial charge in [-0.05, 0) is 36.2 Å². The maximum Gasteiger partial charge on any atom is 0.255 e. The summed E-state index contributed by atoms with van der Waals surface area (Å²) in [5.41, 5.74) is 2.16. The van der Waals surface area contributed by atoms with Gasteiger partial charge in [0.15, 0.2) is 11.5 Å². The van der Waals surface area contributed by atoms with E-state index in [2.05, 4.69) is 0 Å². The largest absolute Gasteiger partial charge is 0.550 e. The molecular formula is C20H20NO5-. The fourth-order valence-corrected chi connectivity index (χ4v) is 3.26. The number of carbonyl (C=O) groups excluding carboxylic acids is 2. The lowest BCUT2D eigenvalue weighted by Crippen LogP contribution is -2.34. The maximum absolute atomic E-state index is 12.8. The molecule has 1 heterocycles. The average Bonchev–Trinajstić information content (AvgIpc) is 2.97. The first-order valence-corrected chi connectivity index (χ1v) is 8.44. The Balaban J connectivity index is 1.97. The van der Waals surface area contributed by atoms with Gasteiger partial charge in [-0.3, -0.25) is 4.79 Å². The van der Waals surface area contributed by atoms with Gasteiger partial charge in [0.2, 0.25) is 0 Å². The van der Waals surface area contributed by atoms with Crippen LogP contribution in [0.3, 0.4) is 0 Å². The quantitative estimate of drug-likeness (QED) is 0.759. The summed E-state index contributed by atoms with van der Waals surface area (Å²) in [7, 11) is 1.52. The number of nitrogens with zero attached hydrogens (tertiary/aromatic N) is 1. The molecule has 0 unspecified atom stereocenters. The fourth-order valence-electron chi connectivity index (χ4n) is 3.26. The summed E-state index contributed by atoms with van der Waals surface area (Å²) in [6.45, 7) is 2.72. The lowest BCUT2D eigenvalue weighted by Gasteiger charge is -2.29. The number of amides is 1. The number of carboxylic acids is 1. The highest BCUT2D eigenvalue weighted by Gasteiger charge is 2.33. The predicted molar refractivity (Wildman–Crippen MR) is 92.8 cm³/mol. The molecule has 1 amide bonds. The number of aliphatic carboxylic acids is 1. The molecule has 0 saturated heterocycles. The Bertz CT molecular complexity index is 833. The standard InChI is InChI=1S/C20H21NO5/c1-3-26-17-9-8-13(10-18(17)25-2)16(11-19(22)23)21-12-14-6-4-5-7-15(14)20(21)24/h4-10,16H,3,11-12H2,1-2H3,(H,22,23)/p-1/t16-/m1/s1. The molecule has 0 saturated carbocycles. The van der Waals surface area contributed by atoms with Crippen molar-refractivity contribution in [3.63, 3.8) is 0 Å². The van der Waals surface area contributed by atoms with Crippen LogP contribution in [0.5, 0.6) is 11.5 Å². The Morgan fingerprint density at radius 1 is 1.23 bits per heavy atom. The fraction of sp³-hybridized carbons (Fsp3) is 0.300. The molecule has 0 aromatic heterocycles. The molecular weight excluding hydrogens is 334 g/mol. The van der Waals surface area contributed by atoms with Gasteiger partial charge in [0, 0.05) is 24.5 Å². The zero-order valence-corrected chi connectivity index (χ0v) is 14.7. The molecule has 2 aromatic carbocycles. The van der Waals surface area contributed by atoms with Crippen molar-refractivity contribution in [3.8, 4) is 11.5 Å². The number of benzene rings is 2. The van der Waals surface area contributed by atoms with Crippen LogP contribution in [-0.4, -0.2) is 30.5 Å². The first kappa shape index (κ1) is 17.8. The summed E-state index contributed by atoms with van der Waals surface area (Å²) in [5, 5.41) is 11.3. The van der Waals surface area contributed by atoms with Crippen molar-refractivity contribution >= 4 is 11.9 Å². The van der Waals surface area contributed by atoms with E-state index in [0.29, 0.717) is 35.8 Å². The Kier molecular flexibility index (Phi) is 5.11. The molecule has 6 heteroatoms. The van der Waals surface area contributed by atoms with E-state index in [4.69, 9.17) is 9.47 Å². The van der Waals surface area contributed by atoms with Crippen molar-refractivity contribution in [2.45, 2.75) is 25.9 Å². The monoisotopic (exact) mass is 354 g/mol. The van der Waals surface area contributed by atoms with Crippen molar-refractivity contribution in [3.05, 3.63) is 59.2 Å². The highest BCUT2D eigenvalue weighted by atomic mass is 16.5. The molecule has 1 aliphatic heterocycles. The lowest BCUT2D eigenvalue weighted by molar-refractivity contribution is -0.306. The summed E-state index contributed by atoms with van der Waals surface area (Å²) in [6, 6.07) is 11.9. The van der Waals surface area contributed by atoms with Gasteiger partial charge >= 0.3 is 0 Å². The third-order valence-electron chi connectivity index (χ3n) is 4.46. The smallest absolute Gasteiger partial charge is 0.255 e. The second kappa shape index (κ2) is 7.47. The number of hydrogen-bond donors (Lipinski definition) is 0. The van der Waals surface area contributed by atoms with Crippen LogP contribution in [-0.2, 0) is 11.3 Å². The number of fused-ring (bicyclic) bond motifs is 1. The van der Waals surface area contributed by atoms with Crippen LogP contribution in [0.2, 0.25) is 0 Å². The molecule has 0 aliphatic carbocycles. The highest BCUT2D eigenvalue weighted by Crippen LogP contribution is 2.37. The average molecular weight is 354 g/mol. The molecule has 0 fully saturated rings. The number of carboxylic acid groups (broad SMARTS) is 1. The molecule has 0 radical (unpaired) electrons. The summed E-state index contributed by atoms with van der Waals surface area (Å²) >= 11 is 0. The Morgan fingerprint density at radius 2 is 2.00 bits per heavy atom. The van der Waals surface area contributed by atoms with Gasteiger partial charge in [-0.25, -0.2) is 0 Å². The minimum Gasteiger partial charge on any atom is -0.550 e. The van der Waals surface area contributed by atoms with E-state index < -0.39 is 12.0 Å². The maximum atomic E-state index is 12.8. The van der Waals surface area contributed by atoms with Crippen molar-refractivity contribution < 1.29 is 24.2 Å². The molecule has 0 spiro atoms. The minimum atomic E-state index is -1.22. The van der Waals surface area contributed by atoms with Crippen molar-refractivity contribution in [1.29, 1.82) is 0 Å². The Labute approximate surface area is 152 Å². The second-order valence-electron chi connectivity index (χ2n) is 6.03. The van der Waals surface area contributed by atoms with Gasteiger partial charge in [0.05, 0.1) is 19.8 Å². The first-order chi connectivity index (χ1) is 12.5. The number of hydrogen-bond acceptors (Lipinski definition) is 5. The van der Waals surface area contributed by atoms with E-state index in [1.807, 2.05) is 19.1 Å². The van der Waals surface area contributed by atoms with Gasteiger partial charge in [-0.15, -0.1) is 0 Å². The molecule has 0 bridgehead atoms. The molecule has 1 aliphatic rings. The van der Waals surface area contributed by atoms with Gasteiger partial charge in [-0.2, -0.15) is 0 Å². The third-order valence-corrected chi connectivity index (χ3v) is 4.46. The first-order valence-electron chi connectivity index (χ1n) is 8.44.